The van der Waals surface area contributed by atoms with Crippen LogP contribution in [0, 0.1) is 0 Å². The molecule has 63 heavy (non-hydrogen) atoms. The van der Waals surface area contributed by atoms with Gasteiger partial charge in [0, 0.05) is 19.3 Å². The first kappa shape index (κ1) is 59.6. The lowest BCUT2D eigenvalue weighted by molar-refractivity contribution is -0.167. The lowest BCUT2D eigenvalue weighted by atomic mass is 10.1. The third-order valence-electron chi connectivity index (χ3n) is 11.0. The molecule has 0 fully saturated rings. The van der Waals surface area contributed by atoms with E-state index >= 15 is 0 Å². The summed E-state index contributed by atoms with van der Waals surface area (Å²) >= 11 is 0. The van der Waals surface area contributed by atoms with Crippen LogP contribution in [-0.4, -0.2) is 37.2 Å². The molecule has 0 aliphatic rings. The number of hydrogen-bond donors (Lipinski definition) is 0. The van der Waals surface area contributed by atoms with Crippen LogP contribution in [0.2, 0.25) is 0 Å². The largest absolute Gasteiger partial charge is 0.462 e. The van der Waals surface area contributed by atoms with Crippen molar-refractivity contribution < 1.29 is 28.6 Å². The number of carbonyl (C=O) groups is 3. The van der Waals surface area contributed by atoms with Crippen molar-refractivity contribution in [3.05, 3.63) is 85.1 Å². The van der Waals surface area contributed by atoms with Gasteiger partial charge in [-0.25, -0.2) is 0 Å². The van der Waals surface area contributed by atoms with Crippen LogP contribution in [0.1, 0.15) is 239 Å². The molecule has 0 N–H and O–H groups in total. The molecule has 6 heteroatoms. The quantitative estimate of drug-likeness (QED) is 0.0199. The Morgan fingerprint density at radius 1 is 0.317 bits per heavy atom. The predicted molar refractivity (Wildman–Crippen MR) is 270 cm³/mol. The van der Waals surface area contributed by atoms with Crippen molar-refractivity contribution >= 4 is 17.9 Å². The molecule has 0 saturated heterocycles. The Hall–Kier alpha value is -3.41. The van der Waals surface area contributed by atoms with E-state index in [1.807, 2.05) is 24.3 Å². The van der Waals surface area contributed by atoms with Gasteiger partial charge in [-0.15, -0.1) is 0 Å². The molecule has 0 aliphatic heterocycles. The minimum Gasteiger partial charge on any atom is -0.462 e. The Kier molecular flexibility index (Phi) is 48.5. The van der Waals surface area contributed by atoms with E-state index in [0.29, 0.717) is 19.3 Å². The van der Waals surface area contributed by atoms with E-state index in [0.717, 1.165) is 103 Å². The summed E-state index contributed by atoms with van der Waals surface area (Å²) in [5, 5.41) is 0. The van der Waals surface area contributed by atoms with Gasteiger partial charge in [0.1, 0.15) is 13.2 Å². The minimum absolute atomic E-state index is 0.0933. The molecule has 0 aliphatic carbocycles. The summed E-state index contributed by atoms with van der Waals surface area (Å²) in [5.74, 6) is -0.936. The molecule has 0 spiro atoms. The molecule has 1 atom stereocenters. The first-order valence-electron chi connectivity index (χ1n) is 26.2. The highest BCUT2D eigenvalue weighted by Gasteiger charge is 2.19. The second kappa shape index (κ2) is 51.2. The summed E-state index contributed by atoms with van der Waals surface area (Å²) in [5.41, 5.74) is 0. The summed E-state index contributed by atoms with van der Waals surface area (Å²) in [6, 6.07) is 0. The highest BCUT2D eigenvalue weighted by molar-refractivity contribution is 5.71. The average Bonchev–Trinajstić information content (AvgIpc) is 3.28. The van der Waals surface area contributed by atoms with Gasteiger partial charge in [-0.3, -0.25) is 14.4 Å². The monoisotopic (exact) mass is 877 g/mol. The normalized spacial score (nSPS) is 12.7. The Balaban J connectivity index is 4.42. The van der Waals surface area contributed by atoms with Crippen LogP contribution >= 0.6 is 0 Å². The molecular weight excluding hydrogens is 781 g/mol. The topological polar surface area (TPSA) is 78.9 Å². The zero-order valence-corrected chi connectivity index (χ0v) is 41.1. The van der Waals surface area contributed by atoms with Gasteiger partial charge in [-0.05, 0) is 83.5 Å². The van der Waals surface area contributed by atoms with E-state index in [2.05, 4.69) is 81.5 Å². The van der Waals surface area contributed by atoms with Crippen molar-refractivity contribution in [1.29, 1.82) is 0 Å². The van der Waals surface area contributed by atoms with Gasteiger partial charge in [0.15, 0.2) is 6.10 Å². The third kappa shape index (κ3) is 49.5. The van der Waals surface area contributed by atoms with E-state index in [1.165, 1.54) is 96.3 Å². The molecule has 0 aromatic carbocycles. The molecular formula is C57H96O6. The van der Waals surface area contributed by atoms with E-state index in [9.17, 15) is 14.4 Å². The van der Waals surface area contributed by atoms with Gasteiger partial charge in [0.05, 0.1) is 0 Å². The van der Waals surface area contributed by atoms with Crippen molar-refractivity contribution in [1.82, 2.24) is 0 Å². The van der Waals surface area contributed by atoms with Crippen LogP contribution < -0.4 is 0 Å². The van der Waals surface area contributed by atoms with Gasteiger partial charge in [0.25, 0.3) is 0 Å². The molecule has 0 aromatic heterocycles. The Morgan fingerprint density at radius 3 is 1.05 bits per heavy atom. The lowest BCUT2D eigenvalue weighted by Crippen LogP contribution is -2.30. The Bertz CT molecular complexity index is 1240. The fourth-order valence-electron chi connectivity index (χ4n) is 6.98. The van der Waals surface area contributed by atoms with Crippen molar-refractivity contribution in [3.63, 3.8) is 0 Å². The molecule has 0 amide bonds. The zero-order valence-electron chi connectivity index (χ0n) is 41.1. The van der Waals surface area contributed by atoms with Crippen molar-refractivity contribution in [2.75, 3.05) is 13.2 Å². The number of unbranched alkanes of at least 4 members (excludes halogenated alkanes) is 25. The van der Waals surface area contributed by atoms with Gasteiger partial charge in [0.2, 0.25) is 0 Å². The number of carbonyl (C=O) groups excluding carboxylic acids is 3. The van der Waals surface area contributed by atoms with Gasteiger partial charge in [-0.1, -0.05) is 221 Å². The molecule has 360 valence electrons. The summed E-state index contributed by atoms with van der Waals surface area (Å²) in [6.45, 7) is 6.46. The van der Waals surface area contributed by atoms with Crippen LogP contribution in [0.25, 0.3) is 0 Å². The van der Waals surface area contributed by atoms with E-state index in [1.54, 1.807) is 0 Å². The Morgan fingerprint density at radius 2 is 0.635 bits per heavy atom. The lowest BCUT2D eigenvalue weighted by Gasteiger charge is -2.18. The first-order valence-corrected chi connectivity index (χ1v) is 26.2. The van der Waals surface area contributed by atoms with Gasteiger partial charge < -0.3 is 14.2 Å². The van der Waals surface area contributed by atoms with Crippen LogP contribution in [0.5, 0.6) is 0 Å². The van der Waals surface area contributed by atoms with Crippen LogP contribution in [-0.2, 0) is 28.6 Å². The van der Waals surface area contributed by atoms with Crippen molar-refractivity contribution in [3.8, 4) is 0 Å². The van der Waals surface area contributed by atoms with Crippen molar-refractivity contribution in [2.45, 2.75) is 245 Å². The summed E-state index contributed by atoms with van der Waals surface area (Å²) in [7, 11) is 0. The standard InChI is InChI=1S/C57H96O6/c1-4-7-10-13-16-19-22-24-26-28-30-31-33-35-38-41-44-47-50-56(59)62-53-54(52-61-55(58)49-46-43-40-37-21-18-15-12-9-6-3)63-57(60)51-48-45-42-39-36-34-32-29-27-25-23-20-17-14-11-8-5-2/h10,13,15-16,18-19,22,24-28,30-31,54H,4-9,11-12,14,17,20-21,23,29,32-53H2,1-3H3/b13-10-,18-15-,19-16-,24-22-,27-25-,28-26-,31-30-. The number of rotatable bonds is 46. The summed E-state index contributed by atoms with van der Waals surface area (Å²) < 4.78 is 16.8. The van der Waals surface area contributed by atoms with Gasteiger partial charge >= 0.3 is 17.9 Å². The fourth-order valence-corrected chi connectivity index (χ4v) is 6.98. The van der Waals surface area contributed by atoms with Crippen LogP contribution in [0.3, 0.4) is 0 Å². The maximum Gasteiger partial charge on any atom is 0.306 e. The van der Waals surface area contributed by atoms with Gasteiger partial charge in [-0.2, -0.15) is 0 Å². The highest BCUT2D eigenvalue weighted by Crippen LogP contribution is 2.14. The molecule has 6 nitrogen and oxygen atoms in total. The molecule has 0 heterocycles. The average molecular weight is 877 g/mol. The molecule has 0 saturated carbocycles. The number of hydrogen-bond acceptors (Lipinski definition) is 6. The second-order valence-corrected chi connectivity index (χ2v) is 17.2. The summed E-state index contributed by atoms with van der Waals surface area (Å²) in [4.78, 5) is 37.9. The molecule has 0 rings (SSSR count). The molecule has 1 unspecified atom stereocenters. The first-order chi connectivity index (χ1) is 31.0. The third-order valence-corrected chi connectivity index (χ3v) is 11.0. The SMILES string of the molecule is CCC\C=C/C=C\C=C/C=C\C=C/CCCCCCCC(=O)OCC(COC(=O)CCCCCC/C=C\CCCC)OC(=O)CCCCCCCCC/C=C\CCCCCCCC. The molecule has 0 bridgehead atoms. The second-order valence-electron chi connectivity index (χ2n) is 17.2. The maximum absolute atomic E-state index is 12.8. The zero-order chi connectivity index (χ0) is 45.8. The van der Waals surface area contributed by atoms with Crippen LogP contribution in [0.15, 0.2) is 85.1 Å². The van der Waals surface area contributed by atoms with E-state index < -0.39 is 6.10 Å². The molecule has 0 radical (unpaired) electrons. The number of esters is 3. The predicted octanol–water partition coefficient (Wildman–Crippen LogP) is 17.2. The number of allylic oxidation sites excluding steroid dienone is 14. The fraction of sp³-hybridized carbons (Fsp3) is 0.702. The van der Waals surface area contributed by atoms with E-state index in [4.69, 9.17) is 14.2 Å². The van der Waals surface area contributed by atoms with Crippen molar-refractivity contribution in [2.24, 2.45) is 0 Å². The minimum atomic E-state index is -0.793. The summed E-state index contributed by atoms with van der Waals surface area (Å²) in [6.07, 6.45) is 65.6. The highest BCUT2D eigenvalue weighted by atomic mass is 16.6. The van der Waals surface area contributed by atoms with Crippen LogP contribution in [0.4, 0.5) is 0 Å². The maximum atomic E-state index is 12.8. The number of ether oxygens (including phenoxy) is 3. The molecule has 0 aromatic rings. The smallest absolute Gasteiger partial charge is 0.306 e. The Labute approximate surface area is 388 Å². The van der Waals surface area contributed by atoms with E-state index in [-0.39, 0.29) is 31.1 Å².